The van der Waals surface area contributed by atoms with E-state index in [1.54, 1.807) is 13.0 Å². The van der Waals surface area contributed by atoms with Crippen LogP contribution in [0.3, 0.4) is 0 Å². The maximum Gasteiger partial charge on any atom is 0.244 e. The first-order valence-electron chi connectivity index (χ1n) is 9.97. The molecule has 2 rings (SSSR count). The lowest BCUT2D eigenvalue weighted by atomic mass is 10.1. The SMILES string of the molecule is CNC(=O)C(C)N(Cc1cccc(Br)c1)C(=O)CN(c1ccc(OC)cc1OC)S(C)(=O)=O. The van der Waals surface area contributed by atoms with E-state index in [0.29, 0.717) is 5.75 Å². The van der Waals surface area contributed by atoms with Gasteiger partial charge in [0.1, 0.15) is 24.1 Å². The molecule has 0 heterocycles. The summed E-state index contributed by atoms with van der Waals surface area (Å²) in [6.07, 6.45) is 1.00. The van der Waals surface area contributed by atoms with Gasteiger partial charge in [0.25, 0.3) is 0 Å². The number of anilines is 1. The van der Waals surface area contributed by atoms with Gasteiger partial charge in [-0.05, 0) is 36.8 Å². The maximum absolute atomic E-state index is 13.4. The molecule has 2 aromatic rings. The number of benzene rings is 2. The number of carbonyl (C=O) groups is 2. The monoisotopic (exact) mass is 541 g/mol. The van der Waals surface area contributed by atoms with Crippen molar-refractivity contribution < 1.29 is 27.5 Å². The molecule has 180 valence electrons. The maximum atomic E-state index is 13.4. The highest BCUT2D eigenvalue weighted by molar-refractivity contribution is 9.10. The molecule has 2 amide bonds. The molecule has 9 nitrogen and oxygen atoms in total. The average Bonchev–Trinajstić information content (AvgIpc) is 2.78. The Labute approximate surface area is 202 Å². The number of nitrogens with one attached hydrogen (secondary N) is 1. The minimum atomic E-state index is -3.87. The number of hydrogen-bond donors (Lipinski definition) is 1. The molecule has 0 spiro atoms. The van der Waals surface area contributed by atoms with Crippen molar-refractivity contribution in [1.82, 2.24) is 10.2 Å². The van der Waals surface area contributed by atoms with E-state index in [4.69, 9.17) is 9.47 Å². The van der Waals surface area contributed by atoms with Gasteiger partial charge in [-0.3, -0.25) is 13.9 Å². The highest BCUT2D eigenvalue weighted by Crippen LogP contribution is 2.33. The number of sulfonamides is 1. The van der Waals surface area contributed by atoms with Gasteiger partial charge < -0.3 is 19.7 Å². The molecule has 0 fully saturated rings. The van der Waals surface area contributed by atoms with E-state index >= 15 is 0 Å². The second-order valence-electron chi connectivity index (χ2n) is 7.25. The third-order valence-corrected chi connectivity index (χ3v) is 6.61. The van der Waals surface area contributed by atoms with Crippen molar-refractivity contribution in [1.29, 1.82) is 0 Å². The Bertz CT molecular complexity index is 1110. The molecule has 0 aromatic heterocycles. The number of carbonyl (C=O) groups excluding carboxylic acids is 2. The van der Waals surface area contributed by atoms with Crippen LogP contribution in [0.5, 0.6) is 11.5 Å². The molecule has 0 aliphatic rings. The highest BCUT2D eigenvalue weighted by Gasteiger charge is 2.31. The zero-order chi connectivity index (χ0) is 24.8. The summed E-state index contributed by atoms with van der Waals surface area (Å²) < 4.78 is 37.6. The lowest BCUT2D eigenvalue weighted by Gasteiger charge is -2.31. The van der Waals surface area contributed by atoms with Gasteiger partial charge in [-0.1, -0.05) is 28.1 Å². The van der Waals surface area contributed by atoms with Crippen LogP contribution in [0.25, 0.3) is 0 Å². The van der Waals surface area contributed by atoms with E-state index in [9.17, 15) is 18.0 Å². The van der Waals surface area contributed by atoms with Crippen molar-refractivity contribution in [3.05, 3.63) is 52.5 Å². The molecular weight excluding hydrogens is 514 g/mol. The predicted molar refractivity (Wildman–Crippen MR) is 130 cm³/mol. The van der Waals surface area contributed by atoms with Crippen molar-refractivity contribution in [2.24, 2.45) is 0 Å². The predicted octanol–water partition coefficient (Wildman–Crippen LogP) is 2.40. The van der Waals surface area contributed by atoms with Crippen molar-refractivity contribution in [2.75, 3.05) is 38.4 Å². The fourth-order valence-corrected chi connectivity index (χ4v) is 4.51. The van der Waals surface area contributed by atoms with E-state index < -0.39 is 28.5 Å². The minimum absolute atomic E-state index is 0.115. The second kappa shape index (κ2) is 11.4. The largest absolute Gasteiger partial charge is 0.497 e. The molecule has 1 atom stereocenters. The zero-order valence-electron chi connectivity index (χ0n) is 19.2. The molecule has 0 aliphatic carbocycles. The fraction of sp³-hybridized carbons (Fsp3) is 0.364. The van der Waals surface area contributed by atoms with E-state index in [1.807, 2.05) is 24.3 Å². The fourth-order valence-electron chi connectivity index (χ4n) is 3.21. The number of ether oxygens (including phenoxy) is 2. The van der Waals surface area contributed by atoms with Gasteiger partial charge in [-0.15, -0.1) is 0 Å². The summed E-state index contributed by atoms with van der Waals surface area (Å²) in [5.41, 5.74) is 0.963. The summed E-state index contributed by atoms with van der Waals surface area (Å²) in [6, 6.07) is 11.1. The van der Waals surface area contributed by atoms with Crippen LogP contribution in [0, 0.1) is 0 Å². The number of methoxy groups -OCH3 is 2. The van der Waals surface area contributed by atoms with Crippen molar-refractivity contribution in [2.45, 2.75) is 19.5 Å². The Morgan fingerprint density at radius 1 is 1.12 bits per heavy atom. The number of amides is 2. The summed E-state index contributed by atoms with van der Waals surface area (Å²) >= 11 is 3.40. The lowest BCUT2D eigenvalue weighted by molar-refractivity contribution is -0.139. The minimum Gasteiger partial charge on any atom is -0.497 e. The molecule has 33 heavy (non-hydrogen) atoms. The standard InChI is InChI=1S/C22H28BrN3O6S/c1-15(22(28)24-2)25(13-16-7-6-8-17(23)11-16)21(27)14-26(33(5,29)30)19-10-9-18(31-3)12-20(19)32-4/h6-12,15H,13-14H2,1-5H3,(H,24,28). The van der Waals surface area contributed by atoms with Crippen LogP contribution in [0.1, 0.15) is 12.5 Å². The lowest BCUT2D eigenvalue weighted by Crippen LogP contribution is -2.50. The third-order valence-electron chi connectivity index (χ3n) is 4.99. The summed E-state index contributed by atoms with van der Waals surface area (Å²) in [5, 5.41) is 2.54. The number of likely N-dealkylation sites (N-methyl/N-ethyl adjacent to an activating group) is 1. The molecule has 0 radical (unpaired) electrons. The van der Waals surface area contributed by atoms with Gasteiger partial charge in [-0.2, -0.15) is 0 Å². The summed E-state index contributed by atoms with van der Waals surface area (Å²) in [4.78, 5) is 27.1. The first-order valence-corrected chi connectivity index (χ1v) is 12.6. The van der Waals surface area contributed by atoms with Gasteiger partial charge in [0.2, 0.25) is 21.8 Å². The van der Waals surface area contributed by atoms with Gasteiger partial charge in [-0.25, -0.2) is 8.42 Å². The van der Waals surface area contributed by atoms with Crippen LogP contribution < -0.4 is 19.1 Å². The van der Waals surface area contributed by atoms with E-state index in [0.717, 1.165) is 20.6 Å². The molecule has 1 unspecified atom stereocenters. The van der Waals surface area contributed by atoms with Crippen molar-refractivity contribution in [3.63, 3.8) is 0 Å². The topological polar surface area (TPSA) is 105 Å². The van der Waals surface area contributed by atoms with Gasteiger partial charge in [0.05, 0.1) is 26.2 Å². The Kier molecular flexibility index (Phi) is 9.12. The summed E-state index contributed by atoms with van der Waals surface area (Å²) in [6.45, 7) is 1.19. The van der Waals surface area contributed by atoms with Gasteiger partial charge in [0, 0.05) is 24.1 Å². The highest BCUT2D eigenvalue weighted by atomic mass is 79.9. The molecular formula is C22H28BrN3O6S. The van der Waals surface area contributed by atoms with Gasteiger partial charge in [0.15, 0.2) is 0 Å². The Morgan fingerprint density at radius 2 is 1.82 bits per heavy atom. The van der Waals surface area contributed by atoms with Crippen LogP contribution in [0.4, 0.5) is 5.69 Å². The zero-order valence-corrected chi connectivity index (χ0v) is 21.6. The van der Waals surface area contributed by atoms with E-state index in [-0.39, 0.29) is 23.9 Å². The number of halogens is 1. The number of hydrogen-bond acceptors (Lipinski definition) is 6. The van der Waals surface area contributed by atoms with E-state index in [2.05, 4.69) is 21.2 Å². The van der Waals surface area contributed by atoms with Crippen LogP contribution in [0.15, 0.2) is 46.9 Å². The quantitative estimate of drug-likeness (QED) is 0.495. The van der Waals surface area contributed by atoms with Crippen molar-refractivity contribution in [3.8, 4) is 11.5 Å². The Hall–Kier alpha value is -2.79. The van der Waals surface area contributed by atoms with Crippen LogP contribution >= 0.6 is 15.9 Å². The third kappa shape index (κ3) is 6.84. The summed E-state index contributed by atoms with van der Waals surface area (Å²) in [5.74, 6) is -0.217. The van der Waals surface area contributed by atoms with E-state index in [1.165, 1.54) is 38.3 Å². The molecule has 0 aliphatic heterocycles. The van der Waals surface area contributed by atoms with Gasteiger partial charge >= 0.3 is 0 Å². The Morgan fingerprint density at radius 3 is 2.36 bits per heavy atom. The number of nitrogens with zero attached hydrogens (tertiary/aromatic N) is 2. The molecule has 0 saturated carbocycles. The Balaban J connectivity index is 2.45. The molecule has 0 saturated heterocycles. The van der Waals surface area contributed by atoms with Crippen LogP contribution in [-0.2, 0) is 26.2 Å². The second-order valence-corrected chi connectivity index (χ2v) is 10.1. The van der Waals surface area contributed by atoms with Crippen molar-refractivity contribution >= 4 is 43.5 Å². The van der Waals surface area contributed by atoms with Crippen LogP contribution in [0.2, 0.25) is 0 Å². The molecule has 2 aromatic carbocycles. The molecule has 11 heteroatoms. The molecule has 1 N–H and O–H groups in total. The molecule has 0 bridgehead atoms. The first-order chi connectivity index (χ1) is 15.5. The normalized spacial score (nSPS) is 11.9. The smallest absolute Gasteiger partial charge is 0.244 e. The number of rotatable bonds is 10. The van der Waals surface area contributed by atoms with Crippen LogP contribution in [-0.4, -0.2) is 65.2 Å². The average molecular weight is 542 g/mol. The summed E-state index contributed by atoms with van der Waals surface area (Å²) in [7, 11) is 0.480. The first kappa shape index (κ1) is 26.5.